The Morgan fingerprint density at radius 1 is 1.03 bits per heavy atom. The molecule has 4 rings (SSSR count). The zero-order valence-corrected chi connectivity index (χ0v) is 21.8. The predicted molar refractivity (Wildman–Crippen MR) is 144 cm³/mol. The molecule has 0 aromatic heterocycles. The Balaban J connectivity index is 1.48. The van der Waals surface area contributed by atoms with Crippen molar-refractivity contribution in [2.45, 2.75) is 20.4 Å². The molecule has 36 heavy (non-hydrogen) atoms. The summed E-state index contributed by atoms with van der Waals surface area (Å²) in [4.78, 5) is 39.5. The Morgan fingerprint density at radius 2 is 1.81 bits per heavy atom. The van der Waals surface area contributed by atoms with E-state index in [9.17, 15) is 14.4 Å². The van der Waals surface area contributed by atoms with Gasteiger partial charge in [-0.2, -0.15) is 0 Å². The first-order valence-corrected chi connectivity index (χ1v) is 12.6. The standard InChI is InChI=1S/C27H22Cl2N2O4S/c1-16-5-3-4-6-18(16)14-31-26(33)24(36-27(31)34)12-19-11-20(28)8-10-23(19)35-15-25(32)30-21-9-7-17(2)22(29)13-21/h3-13H,14-15H2,1-2H3,(H,30,32)/b24-12-. The topological polar surface area (TPSA) is 75.7 Å². The van der Waals surface area contributed by atoms with Crippen molar-refractivity contribution in [3.05, 3.63) is 97.9 Å². The molecule has 0 aliphatic carbocycles. The molecular formula is C27H22Cl2N2O4S. The summed E-state index contributed by atoms with van der Waals surface area (Å²) < 4.78 is 5.72. The first-order valence-electron chi connectivity index (χ1n) is 11.0. The SMILES string of the molecule is Cc1ccc(NC(=O)COc2ccc(Cl)cc2/C=C2\SC(=O)N(Cc3ccccc3C)C2=O)cc1Cl. The Bertz CT molecular complexity index is 1390. The smallest absolute Gasteiger partial charge is 0.293 e. The summed E-state index contributed by atoms with van der Waals surface area (Å²) in [6.07, 6.45) is 1.56. The number of aryl methyl sites for hydroxylation is 2. The largest absolute Gasteiger partial charge is 0.483 e. The summed E-state index contributed by atoms with van der Waals surface area (Å²) in [5.41, 5.74) is 3.83. The van der Waals surface area contributed by atoms with Crippen LogP contribution in [0.25, 0.3) is 6.08 Å². The van der Waals surface area contributed by atoms with Gasteiger partial charge in [-0.3, -0.25) is 19.3 Å². The van der Waals surface area contributed by atoms with Gasteiger partial charge in [-0.25, -0.2) is 0 Å². The van der Waals surface area contributed by atoms with Crippen LogP contribution in [0.2, 0.25) is 10.0 Å². The van der Waals surface area contributed by atoms with Crippen molar-refractivity contribution < 1.29 is 19.1 Å². The number of rotatable bonds is 7. The number of carbonyl (C=O) groups is 3. The van der Waals surface area contributed by atoms with Crippen molar-refractivity contribution in [2.75, 3.05) is 11.9 Å². The second-order valence-corrected chi connectivity index (χ2v) is 10.0. The lowest BCUT2D eigenvalue weighted by Gasteiger charge is -2.14. The molecule has 1 heterocycles. The molecule has 0 bridgehead atoms. The molecule has 1 fully saturated rings. The van der Waals surface area contributed by atoms with Crippen molar-refractivity contribution in [3.63, 3.8) is 0 Å². The van der Waals surface area contributed by atoms with E-state index in [1.165, 1.54) is 4.90 Å². The zero-order valence-electron chi connectivity index (χ0n) is 19.5. The second-order valence-electron chi connectivity index (χ2n) is 8.18. The quantitative estimate of drug-likeness (QED) is 0.331. The van der Waals surface area contributed by atoms with Gasteiger partial charge in [0, 0.05) is 21.3 Å². The third-order valence-electron chi connectivity index (χ3n) is 5.54. The van der Waals surface area contributed by atoms with Crippen molar-refractivity contribution in [1.82, 2.24) is 4.90 Å². The van der Waals surface area contributed by atoms with E-state index < -0.39 is 5.91 Å². The summed E-state index contributed by atoms with van der Waals surface area (Å²) in [5, 5.41) is 3.35. The van der Waals surface area contributed by atoms with Crippen LogP contribution in [0.3, 0.4) is 0 Å². The van der Waals surface area contributed by atoms with Crippen LogP contribution in [0.5, 0.6) is 5.75 Å². The fourth-order valence-electron chi connectivity index (χ4n) is 3.51. The van der Waals surface area contributed by atoms with Gasteiger partial charge in [0.15, 0.2) is 6.61 Å². The molecule has 0 saturated carbocycles. The number of thioether (sulfide) groups is 1. The maximum atomic E-state index is 13.0. The van der Waals surface area contributed by atoms with Crippen LogP contribution in [-0.4, -0.2) is 28.6 Å². The van der Waals surface area contributed by atoms with Crippen LogP contribution in [-0.2, 0) is 16.1 Å². The normalized spacial score (nSPS) is 14.4. The van der Waals surface area contributed by atoms with Crippen molar-refractivity contribution in [2.24, 2.45) is 0 Å². The number of amides is 3. The van der Waals surface area contributed by atoms with Crippen molar-refractivity contribution >= 4 is 63.8 Å². The molecule has 3 amide bonds. The molecule has 1 N–H and O–H groups in total. The van der Waals surface area contributed by atoms with Crippen molar-refractivity contribution in [1.29, 1.82) is 0 Å². The minimum atomic E-state index is -0.395. The van der Waals surface area contributed by atoms with Gasteiger partial charge in [-0.15, -0.1) is 0 Å². The molecule has 1 saturated heterocycles. The van der Waals surface area contributed by atoms with Crippen LogP contribution in [0.4, 0.5) is 10.5 Å². The first-order chi connectivity index (χ1) is 17.2. The number of hydrogen-bond donors (Lipinski definition) is 1. The van der Waals surface area contributed by atoms with Gasteiger partial charge < -0.3 is 10.1 Å². The highest BCUT2D eigenvalue weighted by Gasteiger charge is 2.35. The Morgan fingerprint density at radius 3 is 2.56 bits per heavy atom. The number of carbonyl (C=O) groups excluding carboxylic acids is 3. The third kappa shape index (κ3) is 6.10. The van der Waals surface area contributed by atoms with E-state index in [0.717, 1.165) is 28.5 Å². The molecule has 1 aliphatic rings. The van der Waals surface area contributed by atoms with E-state index in [1.807, 2.05) is 44.2 Å². The average Bonchev–Trinajstić information content (AvgIpc) is 3.09. The van der Waals surface area contributed by atoms with Gasteiger partial charge in [-0.1, -0.05) is 53.5 Å². The summed E-state index contributed by atoms with van der Waals surface area (Å²) in [7, 11) is 0. The fraction of sp³-hybridized carbons (Fsp3) is 0.148. The van der Waals surface area contributed by atoms with E-state index in [2.05, 4.69) is 5.32 Å². The second kappa shape index (κ2) is 11.2. The molecule has 1 aliphatic heterocycles. The van der Waals surface area contributed by atoms with E-state index in [1.54, 1.807) is 36.4 Å². The molecule has 184 valence electrons. The molecule has 0 unspecified atom stereocenters. The van der Waals surface area contributed by atoms with Gasteiger partial charge >= 0.3 is 0 Å². The molecule has 0 spiro atoms. The van der Waals surface area contributed by atoms with Gasteiger partial charge in [0.25, 0.3) is 17.1 Å². The summed E-state index contributed by atoms with van der Waals surface area (Å²) in [6, 6.07) is 17.7. The Labute approximate surface area is 223 Å². The highest BCUT2D eigenvalue weighted by Crippen LogP contribution is 2.36. The molecule has 6 nitrogen and oxygen atoms in total. The van der Waals surface area contributed by atoms with Gasteiger partial charge in [0.1, 0.15) is 5.75 Å². The predicted octanol–water partition coefficient (Wildman–Crippen LogP) is 6.86. The summed E-state index contributed by atoms with van der Waals surface area (Å²) >= 11 is 13.1. The first kappa shape index (κ1) is 25.8. The Hall–Kier alpha value is -3.26. The maximum absolute atomic E-state index is 13.0. The number of nitrogens with zero attached hydrogens (tertiary/aromatic N) is 1. The number of hydrogen-bond acceptors (Lipinski definition) is 5. The lowest BCUT2D eigenvalue weighted by atomic mass is 10.1. The number of benzene rings is 3. The minimum absolute atomic E-state index is 0.191. The third-order valence-corrected chi connectivity index (χ3v) is 7.09. The van der Waals surface area contributed by atoms with E-state index >= 15 is 0 Å². The Kier molecular flexibility index (Phi) is 8.04. The van der Waals surface area contributed by atoms with Crippen LogP contribution in [0.1, 0.15) is 22.3 Å². The van der Waals surface area contributed by atoms with Crippen LogP contribution in [0.15, 0.2) is 65.6 Å². The van der Waals surface area contributed by atoms with Gasteiger partial charge in [0.2, 0.25) is 0 Å². The number of ether oxygens (including phenoxy) is 1. The molecule has 0 radical (unpaired) electrons. The molecule has 9 heteroatoms. The summed E-state index contributed by atoms with van der Waals surface area (Å²) in [5.74, 6) is -0.426. The lowest BCUT2D eigenvalue weighted by molar-refractivity contribution is -0.123. The molecular weight excluding hydrogens is 519 g/mol. The van der Waals surface area contributed by atoms with Gasteiger partial charge in [0.05, 0.1) is 11.4 Å². The van der Waals surface area contributed by atoms with E-state index in [4.69, 9.17) is 27.9 Å². The minimum Gasteiger partial charge on any atom is -0.483 e. The molecule has 0 atom stereocenters. The maximum Gasteiger partial charge on any atom is 0.293 e. The number of imide groups is 1. The number of halogens is 2. The van der Waals surface area contributed by atoms with Crippen LogP contribution < -0.4 is 10.1 Å². The van der Waals surface area contributed by atoms with E-state index in [0.29, 0.717) is 27.0 Å². The lowest BCUT2D eigenvalue weighted by Crippen LogP contribution is -2.27. The van der Waals surface area contributed by atoms with Crippen LogP contribution >= 0.6 is 35.0 Å². The van der Waals surface area contributed by atoms with E-state index in [-0.39, 0.29) is 29.2 Å². The highest BCUT2D eigenvalue weighted by molar-refractivity contribution is 8.18. The zero-order chi connectivity index (χ0) is 25.8. The number of anilines is 1. The number of nitrogens with one attached hydrogen (secondary N) is 1. The summed E-state index contributed by atoms with van der Waals surface area (Å²) in [6.45, 7) is 3.72. The van der Waals surface area contributed by atoms with Crippen LogP contribution in [0, 0.1) is 13.8 Å². The molecule has 3 aromatic rings. The molecule has 3 aromatic carbocycles. The highest BCUT2D eigenvalue weighted by atomic mass is 35.5. The van der Waals surface area contributed by atoms with Gasteiger partial charge in [-0.05, 0) is 78.7 Å². The van der Waals surface area contributed by atoms with Crippen molar-refractivity contribution in [3.8, 4) is 5.75 Å². The average molecular weight is 541 g/mol. The monoisotopic (exact) mass is 540 g/mol. The fourth-order valence-corrected chi connectivity index (χ4v) is 4.70.